The Balaban J connectivity index is 1.80. The van der Waals surface area contributed by atoms with Crippen molar-refractivity contribution in [3.8, 4) is 0 Å². The summed E-state index contributed by atoms with van der Waals surface area (Å²) in [6.07, 6.45) is 5.21. The monoisotopic (exact) mass is 280 g/mol. The summed E-state index contributed by atoms with van der Waals surface area (Å²) >= 11 is 0. The van der Waals surface area contributed by atoms with Gasteiger partial charge in [-0.1, -0.05) is 0 Å². The fourth-order valence-electron chi connectivity index (χ4n) is 2.56. The first-order valence-electron chi connectivity index (χ1n) is 6.71. The van der Waals surface area contributed by atoms with Crippen LogP contribution in [0.4, 0.5) is 0 Å². The standard InChI is InChI=1S/C14H20N2O4/c1-16-11(7-13(17)19-2)3-4-12(16)8-15-14(18)10-5-6-20-9-10/h5-6,9,11-12H,3-4,7-8H2,1-2H3,(H,15,18)/t11-,12+/m1/s1. The molecule has 1 amide bonds. The van der Waals surface area contributed by atoms with Gasteiger partial charge < -0.3 is 14.5 Å². The van der Waals surface area contributed by atoms with E-state index in [-0.39, 0.29) is 24.0 Å². The lowest BCUT2D eigenvalue weighted by Gasteiger charge is -2.25. The molecule has 110 valence electrons. The minimum absolute atomic E-state index is 0.136. The molecule has 2 rings (SSSR count). The average molecular weight is 280 g/mol. The molecule has 0 spiro atoms. The average Bonchev–Trinajstić information content (AvgIpc) is 3.08. The molecular weight excluding hydrogens is 260 g/mol. The Morgan fingerprint density at radius 2 is 2.20 bits per heavy atom. The number of methoxy groups -OCH3 is 1. The first-order valence-corrected chi connectivity index (χ1v) is 6.71. The molecular formula is C14H20N2O4. The molecule has 1 saturated heterocycles. The summed E-state index contributed by atoms with van der Waals surface area (Å²) < 4.78 is 9.58. The maximum absolute atomic E-state index is 11.8. The summed E-state index contributed by atoms with van der Waals surface area (Å²) in [5, 5.41) is 2.89. The molecule has 1 aromatic rings. The molecule has 1 aliphatic rings. The van der Waals surface area contributed by atoms with E-state index in [1.165, 1.54) is 19.6 Å². The molecule has 0 aromatic carbocycles. The van der Waals surface area contributed by atoms with Crippen molar-refractivity contribution in [1.82, 2.24) is 10.2 Å². The Bertz CT molecular complexity index is 458. The van der Waals surface area contributed by atoms with Gasteiger partial charge in [-0.25, -0.2) is 0 Å². The zero-order valence-electron chi connectivity index (χ0n) is 11.8. The van der Waals surface area contributed by atoms with Gasteiger partial charge >= 0.3 is 5.97 Å². The predicted octanol–water partition coefficient (Wildman–Crippen LogP) is 1.04. The summed E-state index contributed by atoms with van der Waals surface area (Å²) in [6.45, 7) is 0.568. The van der Waals surface area contributed by atoms with Crippen LogP contribution >= 0.6 is 0 Å². The number of hydrogen-bond acceptors (Lipinski definition) is 5. The van der Waals surface area contributed by atoms with Gasteiger partial charge in [-0.2, -0.15) is 0 Å². The highest BCUT2D eigenvalue weighted by atomic mass is 16.5. The SMILES string of the molecule is COC(=O)C[C@H]1CC[C@@H](CNC(=O)c2ccoc2)N1C. The fraction of sp³-hybridized carbons (Fsp3) is 0.571. The number of rotatable bonds is 5. The Morgan fingerprint density at radius 1 is 1.45 bits per heavy atom. The normalized spacial score (nSPS) is 22.7. The van der Waals surface area contributed by atoms with Crippen molar-refractivity contribution in [3.05, 3.63) is 24.2 Å². The zero-order valence-corrected chi connectivity index (χ0v) is 11.8. The van der Waals surface area contributed by atoms with Gasteiger partial charge in [0.05, 0.1) is 25.4 Å². The Hall–Kier alpha value is -1.82. The van der Waals surface area contributed by atoms with E-state index in [4.69, 9.17) is 9.15 Å². The summed E-state index contributed by atoms with van der Waals surface area (Å²) in [6, 6.07) is 2.08. The minimum atomic E-state index is -0.190. The third-order valence-electron chi connectivity index (χ3n) is 3.90. The molecule has 0 aliphatic carbocycles. The number of furan rings is 1. The van der Waals surface area contributed by atoms with E-state index in [2.05, 4.69) is 10.2 Å². The number of amides is 1. The Labute approximate surface area is 118 Å². The lowest BCUT2D eigenvalue weighted by atomic mass is 10.1. The van der Waals surface area contributed by atoms with Gasteiger partial charge in [0.25, 0.3) is 5.91 Å². The van der Waals surface area contributed by atoms with Crippen LogP contribution in [0, 0.1) is 0 Å². The molecule has 1 aliphatic heterocycles. The van der Waals surface area contributed by atoms with E-state index in [1.807, 2.05) is 7.05 Å². The maximum Gasteiger partial charge on any atom is 0.307 e. The minimum Gasteiger partial charge on any atom is -0.472 e. The van der Waals surface area contributed by atoms with E-state index in [1.54, 1.807) is 6.07 Å². The highest BCUT2D eigenvalue weighted by Crippen LogP contribution is 2.24. The first kappa shape index (κ1) is 14.6. The predicted molar refractivity (Wildman–Crippen MR) is 72.2 cm³/mol. The van der Waals surface area contributed by atoms with Crippen LogP contribution in [0.5, 0.6) is 0 Å². The van der Waals surface area contributed by atoms with E-state index in [0.29, 0.717) is 18.5 Å². The fourth-order valence-corrected chi connectivity index (χ4v) is 2.56. The molecule has 0 bridgehead atoms. The van der Waals surface area contributed by atoms with Gasteiger partial charge in [0.2, 0.25) is 0 Å². The van der Waals surface area contributed by atoms with Crippen LogP contribution in [0.25, 0.3) is 0 Å². The van der Waals surface area contributed by atoms with Crippen molar-refractivity contribution in [1.29, 1.82) is 0 Å². The number of carbonyl (C=O) groups is 2. The number of nitrogens with one attached hydrogen (secondary N) is 1. The molecule has 2 atom stereocenters. The van der Waals surface area contributed by atoms with Crippen molar-refractivity contribution >= 4 is 11.9 Å². The lowest BCUT2D eigenvalue weighted by molar-refractivity contribution is -0.141. The van der Waals surface area contributed by atoms with Gasteiger partial charge in [-0.3, -0.25) is 14.5 Å². The van der Waals surface area contributed by atoms with Crippen LogP contribution in [-0.2, 0) is 9.53 Å². The number of carbonyl (C=O) groups excluding carboxylic acids is 2. The Kier molecular flexibility index (Phi) is 4.79. The third-order valence-corrected chi connectivity index (χ3v) is 3.90. The molecule has 1 aromatic heterocycles. The maximum atomic E-state index is 11.8. The summed E-state index contributed by atoms with van der Waals surface area (Å²) in [4.78, 5) is 25.3. The van der Waals surface area contributed by atoms with Crippen molar-refractivity contribution in [2.24, 2.45) is 0 Å². The quantitative estimate of drug-likeness (QED) is 0.816. The highest BCUT2D eigenvalue weighted by molar-refractivity contribution is 5.93. The molecule has 2 heterocycles. The second-order valence-corrected chi connectivity index (χ2v) is 5.05. The molecule has 6 nitrogen and oxygen atoms in total. The van der Waals surface area contributed by atoms with E-state index >= 15 is 0 Å². The van der Waals surface area contributed by atoms with Crippen molar-refractivity contribution in [3.63, 3.8) is 0 Å². The van der Waals surface area contributed by atoms with Crippen LogP contribution in [0.1, 0.15) is 29.6 Å². The molecule has 1 N–H and O–H groups in total. The summed E-state index contributed by atoms with van der Waals surface area (Å²) in [5.74, 6) is -0.325. The second-order valence-electron chi connectivity index (χ2n) is 5.05. The van der Waals surface area contributed by atoms with E-state index in [0.717, 1.165) is 12.8 Å². The topological polar surface area (TPSA) is 71.8 Å². The van der Waals surface area contributed by atoms with Crippen molar-refractivity contribution < 1.29 is 18.7 Å². The van der Waals surface area contributed by atoms with Gasteiger partial charge in [-0.15, -0.1) is 0 Å². The van der Waals surface area contributed by atoms with Gasteiger partial charge in [0.1, 0.15) is 6.26 Å². The molecule has 0 unspecified atom stereocenters. The molecule has 0 radical (unpaired) electrons. The second kappa shape index (κ2) is 6.56. The Morgan fingerprint density at radius 3 is 2.85 bits per heavy atom. The van der Waals surface area contributed by atoms with Gasteiger partial charge in [-0.05, 0) is 26.0 Å². The smallest absolute Gasteiger partial charge is 0.307 e. The molecule has 1 fully saturated rings. The first-order chi connectivity index (χ1) is 9.61. The molecule has 0 saturated carbocycles. The van der Waals surface area contributed by atoms with Crippen molar-refractivity contribution in [2.45, 2.75) is 31.3 Å². The van der Waals surface area contributed by atoms with Crippen molar-refractivity contribution in [2.75, 3.05) is 20.7 Å². The number of hydrogen-bond donors (Lipinski definition) is 1. The number of esters is 1. The number of likely N-dealkylation sites (N-methyl/N-ethyl adjacent to an activating group) is 1. The number of ether oxygens (including phenoxy) is 1. The summed E-state index contributed by atoms with van der Waals surface area (Å²) in [7, 11) is 3.38. The van der Waals surface area contributed by atoms with Crippen LogP contribution in [0.2, 0.25) is 0 Å². The third kappa shape index (κ3) is 3.39. The van der Waals surface area contributed by atoms with E-state index in [9.17, 15) is 9.59 Å². The van der Waals surface area contributed by atoms with Crippen LogP contribution in [0.15, 0.2) is 23.0 Å². The highest BCUT2D eigenvalue weighted by Gasteiger charge is 2.32. The van der Waals surface area contributed by atoms with Crippen LogP contribution in [0.3, 0.4) is 0 Å². The molecule has 20 heavy (non-hydrogen) atoms. The number of nitrogens with zero attached hydrogens (tertiary/aromatic N) is 1. The van der Waals surface area contributed by atoms with Crippen LogP contribution in [-0.4, -0.2) is 49.6 Å². The van der Waals surface area contributed by atoms with Crippen LogP contribution < -0.4 is 5.32 Å². The number of likely N-dealkylation sites (tertiary alicyclic amines) is 1. The van der Waals surface area contributed by atoms with E-state index < -0.39 is 0 Å². The largest absolute Gasteiger partial charge is 0.472 e. The van der Waals surface area contributed by atoms with Gasteiger partial charge in [0, 0.05) is 18.6 Å². The lowest BCUT2D eigenvalue weighted by Crippen LogP contribution is -2.41. The van der Waals surface area contributed by atoms with Gasteiger partial charge in [0.15, 0.2) is 0 Å². The summed E-state index contributed by atoms with van der Waals surface area (Å²) in [5.41, 5.74) is 0.525. The molecule has 6 heteroatoms. The zero-order chi connectivity index (χ0) is 14.5.